The van der Waals surface area contributed by atoms with Crippen molar-refractivity contribution < 1.29 is 0 Å². The molecule has 0 N–H and O–H groups in total. The molecule has 1 aliphatic rings. The van der Waals surface area contributed by atoms with Crippen LogP contribution >= 0.6 is 44.7 Å². The van der Waals surface area contributed by atoms with Crippen LogP contribution < -0.4 is 0 Å². The minimum atomic E-state index is -0.517. The third-order valence-corrected chi connectivity index (χ3v) is 5.24. The Morgan fingerprint density at radius 1 is 1.33 bits per heavy atom. The zero-order valence-electron chi connectivity index (χ0n) is 5.55. The van der Waals surface area contributed by atoms with Crippen LogP contribution in [0.4, 0.5) is 5.69 Å². The van der Waals surface area contributed by atoms with Gasteiger partial charge in [0, 0.05) is 0 Å². The number of benzene rings is 1. The van der Waals surface area contributed by atoms with Crippen LogP contribution in [0.25, 0.3) is 0 Å². The number of nitrogens with zero attached hydrogens (tertiary/aromatic N) is 1. The minimum Gasteiger partial charge on any atom is -0.200 e. The van der Waals surface area contributed by atoms with Crippen LogP contribution in [0.1, 0.15) is 0 Å². The van der Waals surface area contributed by atoms with E-state index >= 15 is 0 Å². The maximum atomic E-state index is 5.94. The maximum absolute atomic E-state index is 5.94. The van der Waals surface area contributed by atoms with Gasteiger partial charge in [0.15, 0.2) is 0 Å². The molecule has 1 nitrogen and oxygen atoms in total. The van der Waals surface area contributed by atoms with Gasteiger partial charge < -0.3 is 0 Å². The van der Waals surface area contributed by atoms with E-state index in [1.54, 1.807) is 6.07 Å². The Hall–Kier alpha value is 0.590. The summed E-state index contributed by atoms with van der Waals surface area (Å²) >= 11 is 11.8. The van der Waals surface area contributed by atoms with Gasteiger partial charge in [-0.1, -0.05) is 23.2 Å². The van der Waals surface area contributed by atoms with Crippen molar-refractivity contribution in [3.63, 3.8) is 0 Å². The summed E-state index contributed by atoms with van der Waals surface area (Å²) in [5.74, 6) is 0. The highest BCUT2D eigenvalue weighted by Gasteiger charge is 2.18. The molecule has 0 spiro atoms. The third kappa shape index (κ3) is 1.49. The molecule has 0 fully saturated rings. The second-order valence-corrected chi connectivity index (χ2v) is 6.92. The fourth-order valence-corrected chi connectivity index (χ4v) is 4.45. The summed E-state index contributed by atoms with van der Waals surface area (Å²) in [6, 6.07) is 3.55. The number of hydrogen-bond donors (Lipinski definition) is 0. The second kappa shape index (κ2) is 3.39. The van der Waals surface area contributed by atoms with Crippen molar-refractivity contribution in [2.45, 2.75) is 4.90 Å². The second-order valence-electron chi connectivity index (χ2n) is 2.09. The van der Waals surface area contributed by atoms with Gasteiger partial charge in [-0.15, -0.1) is 0 Å². The summed E-state index contributed by atoms with van der Waals surface area (Å²) < 4.78 is 4.17. The van der Waals surface area contributed by atoms with E-state index in [2.05, 4.69) is 4.36 Å². The van der Waals surface area contributed by atoms with Crippen LogP contribution in [0.2, 0.25) is 10.0 Å². The highest BCUT2D eigenvalue weighted by atomic mass is 35.7. The maximum Gasteiger partial charge on any atom is 0.0887 e. The van der Waals surface area contributed by atoms with E-state index in [0.29, 0.717) is 10.0 Å². The molecule has 6 heteroatoms. The SMILES string of the molecule is Clc1ccc2c(c1Cl)SS(Cl)=N2. The summed E-state index contributed by atoms with van der Waals surface area (Å²) in [7, 11) is 6.75. The van der Waals surface area contributed by atoms with Crippen molar-refractivity contribution in [3.8, 4) is 0 Å². The summed E-state index contributed by atoms with van der Waals surface area (Å²) in [5, 5.41) is 1.10. The molecule has 0 radical (unpaired) electrons. The Balaban J connectivity index is 2.61. The fourth-order valence-electron chi connectivity index (χ4n) is 0.838. The molecule has 1 aromatic rings. The molecule has 64 valence electrons. The van der Waals surface area contributed by atoms with Gasteiger partial charge in [0.1, 0.15) is 0 Å². The van der Waals surface area contributed by atoms with Crippen LogP contribution in [-0.2, 0) is 8.94 Å². The zero-order chi connectivity index (χ0) is 8.72. The van der Waals surface area contributed by atoms with Gasteiger partial charge in [-0.2, -0.15) is 0 Å². The summed E-state index contributed by atoms with van der Waals surface area (Å²) in [6.07, 6.45) is 0. The van der Waals surface area contributed by atoms with Gasteiger partial charge in [0.2, 0.25) is 0 Å². The van der Waals surface area contributed by atoms with Crippen molar-refractivity contribution in [3.05, 3.63) is 22.2 Å². The minimum absolute atomic E-state index is 0.517. The van der Waals surface area contributed by atoms with Crippen LogP contribution in [0.5, 0.6) is 0 Å². The van der Waals surface area contributed by atoms with E-state index in [1.807, 2.05) is 6.07 Å². The van der Waals surface area contributed by atoms with E-state index in [9.17, 15) is 0 Å². The molecule has 2 rings (SSSR count). The van der Waals surface area contributed by atoms with E-state index in [1.165, 1.54) is 10.8 Å². The van der Waals surface area contributed by atoms with Crippen molar-refractivity contribution in [1.82, 2.24) is 0 Å². The standard InChI is InChI=1S/C6H2Cl3NS2/c7-3-1-2-4-6(5(3)8)11-12(9)10-4/h1-2H. The quantitative estimate of drug-likeness (QED) is 0.620. The first-order chi connectivity index (χ1) is 5.68. The molecular formula is C6H2Cl3NS2. The van der Waals surface area contributed by atoms with Crippen LogP contribution in [0.15, 0.2) is 21.4 Å². The summed E-state index contributed by atoms with van der Waals surface area (Å²) in [4.78, 5) is 0.891. The molecule has 12 heavy (non-hydrogen) atoms. The molecular weight excluding hydrogens is 257 g/mol. The van der Waals surface area contributed by atoms with Crippen LogP contribution in [0, 0.1) is 0 Å². The highest BCUT2D eigenvalue weighted by molar-refractivity contribution is 8.78. The first kappa shape index (κ1) is 9.16. The molecule has 0 aliphatic carbocycles. The van der Waals surface area contributed by atoms with Gasteiger partial charge in [-0.05, 0) is 33.6 Å². The normalized spacial score (nSPS) is 20.4. The molecule has 1 heterocycles. The molecule has 1 aliphatic heterocycles. The van der Waals surface area contributed by atoms with Crippen molar-refractivity contribution in [1.29, 1.82) is 0 Å². The molecule has 1 aromatic carbocycles. The third-order valence-electron chi connectivity index (χ3n) is 1.35. The molecule has 0 saturated carbocycles. The van der Waals surface area contributed by atoms with Crippen molar-refractivity contribution >= 4 is 59.3 Å². The summed E-state index contributed by atoms with van der Waals surface area (Å²) in [5.41, 5.74) is 0.840. The number of hydrogen-bond acceptors (Lipinski definition) is 2. The van der Waals surface area contributed by atoms with Crippen molar-refractivity contribution in [2.24, 2.45) is 4.36 Å². The number of rotatable bonds is 0. The lowest BCUT2D eigenvalue weighted by molar-refractivity contribution is 1.42. The lowest BCUT2D eigenvalue weighted by atomic mass is 10.3. The smallest absolute Gasteiger partial charge is 0.0887 e. The fraction of sp³-hybridized carbons (Fsp3) is 0. The zero-order valence-corrected chi connectivity index (χ0v) is 9.45. The molecule has 1 atom stereocenters. The molecule has 0 saturated heterocycles. The first-order valence-corrected chi connectivity index (χ1v) is 7.07. The van der Waals surface area contributed by atoms with Crippen molar-refractivity contribution in [2.75, 3.05) is 0 Å². The first-order valence-electron chi connectivity index (χ1n) is 2.97. The largest absolute Gasteiger partial charge is 0.200 e. The Kier molecular flexibility index (Phi) is 2.58. The number of halogens is 3. The van der Waals surface area contributed by atoms with E-state index < -0.39 is 8.94 Å². The Labute approximate surface area is 90.4 Å². The predicted octanol–water partition coefficient (Wildman–Crippen LogP) is 4.60. The van der Waals surface area contributed by atoms with E-state index in [4.69, 9.17) is 33.9 Å². The average molecular weight is 259 g/mol. The molecule has 0 bridgehead atoms. The van der Waals surface area contributed by atoms with Gasteiger partial charge in [-0.3, -0.25) is 0 Å². The molecule has 0 aromatic heterocycles. The Morgan fingerprint density at radius 3 is 2.83 bits per heavy atom. The van der Waals surface area contributed by atoms with E-state index in [-0.39, 0.29) is 0 Å². The molecule has 1 unspecified atom stereocenters. The topological polar surface area (TPSA) is 12.4 Å². The predicted molar refractivity (Wildman–Crippen MR) is 57.6 cm³/mol. The van der Waals surface area contributed by atoms with Gasteiger partial charge in [0.05, 0.1) is 29.6 Å². The number of fused-ring (bicyclic) bond motifs is 1. The lowest BCUT2D eigenvalue weighted by Crippen LogP contribution is -1.72. The molecule has 0 amide bonds. The Morgan fingerprint density at radius 2 is 2.08 bits per heavy atom. The van der Waals surface area contributed by atoms with Gasteiger partial charge in [-0.25, -0.2) is 4.36 Å². The van der Waals surface area contributed by atoms with Gasteiger partial charge >= 0.3 is 0 Å². The van der Waals surface area contributed by atoms with Gasteiger partial charge in [0.25, 0.3) is 0 Å². The lowest BCUT2D eigenvalue weighted by Gasteiger charge is -1.99. The highest BCUT2D eigenvalue weighted by Crippen LogP contribution is 2.48. The monoisotopic (exact) mass is 257 g/mol. The average Bonchev–Trinajstić information content (AvgIpc) is 2.39. The summed E-state index contributed by atoms with van der Waals surface area (Å²) in [6.45, 7) is 0. The van der Waals surface area contributed by atoms with E-state index in [0.717, 1.165) is 10.6 Å². The Bertz CT molecular complexity index is 377. The van der Waals surface area contributed by atoms with Crippen LogP contribution in [-0.4, -0.2) is 0 Å². The van der Waals surface area contributed by atoms with Crippen LogP contribution in [0.3, 0.4) is 0 Å².